The molecule has 3 N–H and O–H groups in total. The lowest BCUT2D eigenvalue weighted by molar-refractivity contribution is -0.387. The Hall–Kier alpha value is -3.61. The summed E-state index contributed by atoms with van der Waals surface area (Å²) in [7, 11) is -4.49. The van der Waals surface area contributed by atoms with Crippen molar-refractivity contribution >= 4 is 43.5 Å². The molecule has 0 fully saturated rings. The molecule has 12 heteroatoms. The second-order valence-corrected chi connectivity index (χ2v) is 11.8. The number of nitrogens with zero attached hydrogens (tertiary/aromatic N) is 1. The highest BCUT2D eigenvalue weighted by Crippen LogP contribution is 2.23. The van der Waals surface area contributed by atoms with E-state index in [0.29, 0.717) is 12.0 Å². The van der Waals surface area contributed by atoms with Gasteiger partial charge in [0.25, 0.3) is 5.69 Å². The summed E-state index contributed by atoms with van der Waals surface area (Å²) >= 11 is 3.45. The van der Waals surface area contributed by atoms with Crippen LogP contribution in [0.25, 0.3) is 0 Å². The predicted molar refractivity (Wildman–Crippen MR) is 155 cm³/mol. The maximum atomic E-state index is 13.6. The molecule has 0 aliphatic rings. The van der Waals surface area contributed by atoms with Gasteiger partial charge < -0.3 is 10.6 Å². The largest absolute Gasteiger partial charge is 0.350 e. The number of hydrogen-bond acceptors (Lipinski definition) is 6. The number of sulfonamides is 1. The van der Waals surface area contributed by atoms with Crippen molar-refractivity contribution in [2.45, 2.75) is 50.2 Å². The zero-order valence-corrected chi connectivity index (χ0v) is 24.4. The van der Waals surface area contributed by atoms with Crippen LogP contribution in [0.15, 0.2) is 88.2 Å². The van der Waals surface area contributed by atoms with E-state index in [1.807, 2.05) is 38.1 Å². The molecule has 0 heterocycles. The molecule has 3 atom stereocenters. The number of nitrogens with one attached hydrogen (secondary N) is 3. The van der Waals surface area contributed by atoms with Crippen LogP contribution >= 0.6 is 15.9 Å². The van der Waals surface area contributed by atoms with E-state index < -0.39 is 49.4 Å². The van der Waals surface area contributed by atoms with Crippen LogP contribution in [-0.2, 0) is 32.6 Å². The summed E-state index contributed by atoms with van der Waals surface area (Å²) in [5.74, 6) is -1.42. The van der Waals surface area contributed by atoms with Crippen molar-refractivity contribution in [1.29, 1.82) is 0 Å². The molecule has 1 unspecified atom stereocenters. The zero-order valence-electron chi connectivity index (χ0n) is 22.0. The van der Waals surface area contributed by atoms with Gasteiger partial charge >= 0.3 is 0 Å². The predicted octanol–water partition coefficient (Wildman–Crippen LogP) is 4.09. The SMILES string of the molecule is CCC(C)[C@H](NC(=O)[C@H](Cc1ccccc1)NS(=O)(=O)c1ccccc1[N+](=O)[O-])C(=O)NCc1ccccc1Br. The molecule has 0 radical (unpaired) electrons. The van der Waals surface area contributed by atoms with Crippen molar-refractivity contribution in [3.05, 3.63) is 105 Å². The highest BCUT2D eigenvalue weighted by molar-refractivity contribution is 9.10. The quantitative estimate of drug-likeness (QED) is 0.191. The van der Waals surface area contributed by atoms with Gasteiger partial charge in [-0.05, 0) is 35.6 Å². The van der Waals surface area contributed by atoms with Crippen LogP contribution in [-0.4, -0.2) is 37.2 Å². The molecular weight excluding hydrogens is 600 g/mol. The Bertz CT molecular complexity index is 1450. The fourth-order valence-corrected chi connectivity index (χ4v) is 5.81. The first-order chi connectivity index (χ1) is 19.0. The number of amides is 2. The zero-order chi connectivity index (χ0) is 29.3. The molecule has 40 heavy (non-hydrogen) atoms. The summed E-state index contributed by atoms with van der Waals surface area (Å²) in [5.41, 5.74) is 0.897. The van der Waals surface area contributed by atoms with Gasteiger partial charge in [-0.1, -0.05) is 96.9 Å². The van der Waals surface area contributed by atoms with E-state index in [9.17, 15) is 28.1 Å². The molecule has 3 aromatic rings. The number of nitro benzene ring substituents is 1. The van der Waals surface area contributed by atoms with Gasteiger partial charge in [0.1, 0.15) is 12.1 Å². The van der Waals surface area contributed by atoms with Gasteiger partial charge in [0.2, 0.25) is 21.8 Å². The number of carbonyl (C=O) groups excluding carboxylic acids is 2. The van der Waals surface area contributed by atoms with E-state index in [1.165, 1.54) is 12.1 Å². The molecule has 3 rings (SSSR count). The fourth-order valence-electron chi connectivity index (χ4n) is 4.01. The summed E-state index contributed by atoms with van der Waals surface area (Å²) in [6.07, 6.45) is 0.525. The number of rotatable bonds is 13. The van der Waals surface area contributed by atoms with Crippen molar-refractivity contribution in [3.8, 4) is 0 Å². The van der Waals surface area contributed by atoms with Crippen LogP contribution in [0.2, 0.25) is 0 Å². The number of nitro groups is 1. The lowest BCUT2D eigenvalue weighted by Crippen LogP contribution is -2.56. The van der Waals surface area contributed by atoms with Gasteiger partial charge in [0, 0.05) is 17.1 Å². The molecule has 0 aliphatic heterocycles. The van der Waals surface area contributed by atoms with E-state index in [4.69, 9.17) is 0 Å². The minimum Gasteiger partial charge on any atom is -0.350 e. The first-order valence-corrected chi connectivity index (χ1v) is 14.9. The highest BCUT2D eigenvalue weighted by Gasteiger charge is 2.34. The number of hydrogen-bond donors (Lipinski definition) is 3. The van der Waals surface area contributed by atoms with Crippen LogP contribution in [0, 0.1) is 16.0 Å². The Labute approximate surface area is 241 Å². The van der Waals surface area contributed by atoms with E-state index in [2.05, 4.69) is 31.3 Å². The van der Waals surface area contributed by atoms with Crippen LogP contribution in [0.3, 0.4) is 0 Å². The van der Waals surface area contributed by atoms with Gasteiger partial charge in [-0.15, -0.1) is 0 Å². The molecule has 0 saturated carbocycles. The second kappa shape index (κ2) is 14.1. The maximum absolute atomic E-state index is 13.6. The van der Waals surface area contributed by atoms with E-state index in [0.717, 1.165) is 22.2 Å². The summed E-state index contributed by atoms with van der Waals surface area (Å²) in [5, 5.41) is 17.1. The smallest absolute Gasteiger partial charge is 0.289 e. The van der Waals surface area contributed by atoms with E-state index >= 15 is 0 Å². The highest BCUT2D eigenvalue weighted by atomic mass is 79.9. The summed E-state index contributed by atoms with van der Waals surface area (Å²) in [4.78, 5) is 36.9. The van der Waals surface area contributed by atoms with E-state index in [-0.39, 0.29) is 18.9 Å². The fraction of sp³-hybridized carbons (Fsp3) is 0.286. The van der Waals surface area contributed by atoms with Crippen LogP contribution < -0.4 is 15.4 Å². The van der Waals surface area contributed by atoms with Crippen LogP contribution in [0.1, 0.15) is 31.4 Å². The lowest BCUT2D eigenvalue weighted by Gasteiger charge is -2.26. The number of para-hydroxylation sites is 1. The Balaban J connectivity index is 1.87. The van der Waals surface area contributed by atoms with Gasteiger partial charge in [0.05, 0.1) is 4.92 Å². The van der Waals surface area contributed by atoms with Gasteiger partial charge in [0.15, 0.2) is 4.90 Å². The second-order valence-electron chi connectivity index (χ2n) is 9.27. The molecule has 0 aliphatic carbocycles. The molecule has 10 nitrogen and oxygen atoms in total. The van der Waals surface area contributed by atoms with Crippen LogP contribution in [0.4, 0.5) is 5.69 Å². The Kier molecular flexibility index (Phi) is 10.9. The number of halogens is 1. The summed E-state index contributed by atoms with van der Waals surface area (Å²) < 4.78 is 29.7. The standard InChI is InChI=1S/C28H31BrN4O6S/c1-3-19(2)26(28(35)30-18-21-13-7-8-14-22(21)29)31-27(34)23(17-20-11-5-4-6-12-20)32-40(38,39)25-16-10-9-15-24(25)33(36)37/h4-16,19,23,26,32H,3,17-18H2,1-2H3,(H,30,35)(H,31,34)/t19?,23-,26-/m0/s1. The van der Waals surface area contributed by atoms with Crippen LogP contribution in [0.5, 0.6) is 0 Å². The third-order valence-corrected chi connectivity index (χ3v) is 8.74. The Morgan fingerprint density at radius 3 is 2.23 bits per heavy atom. The average molecular weight is 632 g/mol. The van der Waals surface area contributed by atoms with Crippen molar-refractivity contribution in [2.75, 3.05) is 0 Å². The first kappa shape index (κ1) is 30.9. The lowest BCUT2D eigenvalue weighted by atomic mass is 9.97. The van der Waals surface area contributed by atoms with Crippen molar-refractivity contribution in [3.63, 3.8) is 0 Å². The minimum atomic E-state index is -4.49. The summed E-state index contributed by atoms with van der Waals surface area (Å²) in [6, 6.07) is 18.8. The Morgan fingerprint density at radius 1 is 0.950 bits per heavy atom. The maximum Gasteiger partial charge on any atom is 0.289 e. The third kappa shape index (κ3) is 8.20. The molecule has 0 aromatic heterocycles. The molecule has 212 valence electrons. The number of carbonyl (C=O) groups is 2. The molecule has 3 aromatic carbocycles. The molecule has 0 saturated heterocycles. The van der Waals surface area contributed by atoms with E-state index in [1.54, 1.807) is 30.3 Å². The molecule has 0 bridgehead atoms. The topological polar surface area (TPSA) is 148 Å². The number of benzene rings is 3. The van der Waals surface area contributed by atoms with Gasteiger partial charge in [-0.3, -0.25) is 19.7 Å². The molecule has 2 amide bonds. The third-order valence-electron chi connectivity index (χ3n) is 6.45. The van der Waals surface area contributed by atoms with Crippen molar-refractivity contribution in [1.82, 2.24) is 15.4 Å². The normalized spacial score (nSPS) is 13.6. The first-order valence-electron chi connectivity index (χ1n) is 12.6. The van der Waals surface area contributed by atoms with Crippen molar-refractivity contribution in [2.24, 2.45) is 5.92 Å². The Morgan fingerprint density at radius 2 is 1.57 bits per heavy atom. The molecule has 0 spiro atoms. The van der Waals surface area contributed by atoms with Gasteiger partial charge in [-0.2, -0.15) is 4.72 Å². The van der Waals surface area contributed by atoms with Gasteiger partial charge in [-0.25, -0.2) is 8.42 Å². The monoisotopic (exact) mass is 630 g/mol. The average Bonchev–Trinajstić information content (AvgIpc) is 2.94. The molecular formula is C28H31BrN4O6S. The van der Waals surface area contributed by atoms with Crippen molar-refractivity contribution < 1.29 is 22.9 Å². The summed E-state index contributed by atoms with van der Waals surface area (Å²) in [6.45, 7) is 3.91. The minimum absolute atomic E-state index is 0.0433.